The summed E-state index contributed by atoms with van der Waals surface area (Å²) in [5, 5.41) is 14.7. The van der Waals surface area contributed by atoms with Crippen molar-refractivity contribution >= 4 is 27.5 Å². The molecule has 1 saturated carbocycles. The lowest BCUT2D eigenvalue weighted by molar-refractivity contribution is -0.313. The van der Waals surface area contributed by atoms with E-state index in [-0.39, 0.29) is 28.6 Å². The highest BCUT2D eigenvalue weighted by Crippen LogP contribution is 2.49. The molecule has 1 aromatic carbocycles. The quantitative estimate of drug-likeness (QED) is 0.770. The molecular weight excluding hydrogens is 389 g/mol. The first-order valence-electron chi connectivity index (χ1n) is 7.61. The number of aliphatic hydroxyl groups is 1. The minimum Gasteiger partial charge on any atom is -0.362 e. The minimum absolute atomic E-state index is 0.0329. The summed E-state index contributed by atoms with van der Waals surface area (Å²) in [4.78, 5) is 12.6. The molecule has 8 heteroatoms. The highest BCUT2D eigenvalue weighted by Gasteiger charge is 2.68. The van der Waals surface area contributed by atoms with Crippen LogP contribution in [0.2, 0.25) is 0 Å². The van der Waals surface area contributed by atoms with Gasteiger partial charge in [-0.25, -0.2) is 0 Å². The lowest BCUT2D eigenvalue weighted by atomic mass is 9.76. The molecule has 1 N–H and O–H groups in total. The zero-order valence-corrected chi connectivity index (χ0v) is 14.4. The van der Waals surface area contributed by atoms with E-state index < -0.39 is 23.7 Å². The van der Waals surface area contributed by atoms with Crippen LogP contribution in [-0.2, 0) is 0 Å². The highest BCUT2D eigenvalue weighted by atomic mass is 79.9. The number of hydrogen-bond donors (Lipinski definition) is 1. The fourth-order valence-corrected chi connectivity index (χ4v) is 3.59. The molecule has 1 heterocycles. The van der Waals surface area contributed by atoms with E-state index in [9.17, 15) is 23.1 Å². The maximum absolute atomic E-state index is 13.7. The lowest BCUT2D eigenvalue weighted by Gasteiger charge is -2.39. The number of amides is 1. The van der Waals surface area contributed by atoms with Gasteiger partial charge in [0.1, 0.15) is 0 Å². The van der Waals surface area contributed by atoms with Crippen molar-refractivity contribution in [3.05, 3.63) is 34.3 Å². The first-order valence-corrected chi connectivity index (χ1v) is 8.40. The van der Waals surface area contributed by atoms with E-state index in [0.29, 0.717) is 17.3 Å². The predicted octanol–water partition coefficient (Wildman–Crippen LogP) is 3.95. The van der Waals surface area contributed by atoms with Crippen LogP contribution in [0.3, 0.4) is 0 Å². The van der Waals surface area contributed by atoms with Crippen LogP contribution in [0.5, 0.6) is 0 Å². The maximum atomic E-state index is 13.7. The lowest BCUT2D eigenvalue weighted by Crippen LogP contribution is -2.61. The molecule has 1 aromatic rings. The number of fused-ring (bicyclic) bond motifs is 1. The number of hydrogen-bond acceptors (Lipinski definition) is 3. The molecule has 0 spiro atoms. The molecule has 2 aliphatic rings. The maximum Gasteiger partial charge on any atom is 0.439 e. The Morgan fingerprint density at radius 1 is 1.38 bits per heavy atom. The monoisotopic (exact) mass is 404 g/mol. The van der Waals surface area contributed by atoms with E-state index in [1.54, 1.807) is 12.1 Å². The van der Waals surface area contributed by atoms with Crippen LogP contribution in [0.25, 0.3) is 0 Å². The van der Waals surface area contributed by atoms with Gasteiger partial charge < -0.3 is 5.11 Å². The molecule has 0 saturated heterocycles. The number of nitrogens with zero attached hydrogens (tertiary/aromatic N) is 2. The van der Waals surface area contributed by atoms with E-state index in [1.807, 2.05) is 6.92 Å². The standard InChI is InChI=1S/C16H16BrF3N2O2/c1-9-2-7-13-12(8-9)15(24,16(18,19)20)22(21-13)14(23)10-3-5-11(17)6-4-10/h3-6,9,12,24H,2,7-8H2,1H3/t9-,12+,15-/m1/s1. The van der Waals surface area contributed by atoms with Gasteiger partial charge in [-0.2, -0.15) is 23.3 Å². The number of carbonyl (C=O) groups excluding carboxylic acids is 1. The van der Waals surface area contributed by atoms with Crippen molar-refractivity contribution in [2.75, 3.05) is 0 Å². The van der Waals surface area contributed by atoms with E-state index in [4.69, 9.17) is 0 Å². The van der Waals surface area contributed by atoms with Crippen LogP contribution in [0.1, 0.15) is 36.5 Å². The van der Waals surface area contributed by atoms with Crippen molar-refractivity contribution in [3.8, 4) is 0 Å². The molecule has 4 nitrogen and oxygen atoms in total. The van der Waals surface area contributed by atoms with Crippen LogP contribution in [-0.4, -0.2) is 33.6 Å². The summed E-state index contributed by atoms with van der Waals surface area (Å²) in [5.74, 6) is -2.14. The second kappa shape index (κ2) is 5.84. The van der Waals surface area contributed by atoms with Crippen LogP contribution in [0.4, 0.5) is 13.2 Å². The van der Waals surface area contributed by atoms with Crippen molar-refractivity contribution in [1.82, 2.24) is 5.01 Å². The highest BCUT2D eigenvalue weighted by molar-refractivity contribution is 9.10. The van der Waals surface area contributed by atoms with Gasteiger partial charge in [0.15, 0.2) is 0 Å². The van der Waals surface area contributed by atoms with Crippen LogP contribution in [0, 0.1) is 11.8 Å². The van der Waals surface area contributed by atoms with E-state index in [1.165, 1.54) is 12.1 Å². The third-order valence-corrected chi connectivity index (χ3v) is 5.20. The molecule has 1 aliphatic heterocycles. The molecular formula is C16H16BrF3N2O2. The largest absolute Gasteiger partial charge is 0.439 e. The number of rotatable bonds is 1. The number of carbonyl (C=O) groups is 1. The van der Waals surface area contributed by atoms with Crippen molar-refractivity contribution in [2.45, 2.75) is 38.1 Å². The minimum atomic E-state index is -5.00. The third-order valence-electron chi connectivity index (χ3n) is 4.67. The average molecular weight is 405 g/mol. The Morgan fingerprint density at radius 3 is 2.58 bits per heavy atom. The van der Waals surface area contributed by atoms with Gasteiger partial charge in [-0.15, -0.1) is 0 Å². The first-order chi connectivity index (χ1) is 11.1. The molecule has 3 rings (SSSR count). The average Bonchev–Trinajstić information content (AvgIpc) is 2.81. The molecule has 130 valence electrons. The summed E-state index contributed by atoms with van der Waals surface area (Å²) in [6.07, 6.45) is -3.79. The van der Waals surface area contributed by atoms with E-state index in [2.05, 4.69) is 21.0 Å². The number of alkyl halides is 3. The topological polar surface area (TPSA) is 52.9 Å². The summed E-state index contributed by atoms with van der Waals surface area (Å²) in [6.45, 7) is 1.84. The molecule has 24 heavy (non-hydrogen) atoms. The van der Waals surface area contributed by atoms with Gasteiger partial charge in [-0.1, -0.05) is 22.9 Å². The van der Waals surface area contributed by atoms with Gasteiger partial charge in [0.2, 0.25) is 0 Å². The van der Waals surface area contributed by atoms with Crippen LogP contribution < -0.4 is 0 Å². The number of hydrazone groups is 1. The molecule has 1 aliphatic carbocycles. The van der Waals surface area contributed by atoms with Crippen LogP contribution in [0.15, 0.2) is 33.8 Å². The Morgan fingerprint density at radius 2 is 2.00 bits per heavy atom. The van der Waals surface area contributed by atoms with Gasteiger partial charge in [0.05, 0.1) is 5.92 Å². The van der Waals surface area contributed by atoms with Crippen molar-refractivity contribution in [1.29, 1.82) is 0 Å². The summed E-state index contributed by atoms with van der Waals surface area (Å²) in [5.41, 5.74) is -3.00. The fraction of sp³-hybridized carbons (Fsp3) is 0.500. The molecule has 3 atom stereocenters. The number of halogens is 4. The number of benzene rings is 1. The summed E-state index contributed by atoms with van der Waals surface area (Å²) < 4.78 is 41.8. The molecule has 0 radical (unpaired) electrons. The molecule has 0 aromatic heterocycles. The third kappa shape index (κ3) is 2.65. The fourth-order valence-electron chi connectivity index (χ4n) is 3.33. The van der Waals surface area contributed by atoms with Crippen molar-refractivity contribution in [2.24, 2.45) is 16.9 Å². The molecule has 0 unspecified atom stereocenters. The second-order valence-corrected chi connectivity index (χ2v) is 7.29. The van der Waals surface area contributed by atoms with Gasteiger partial charge in [-0.05, 0) is 49.4 Å². The SMILES string of the molecule is C[C@@H]1CCC2=NN(C(=O)c3ccc(Br)cc3)[C@](O)(C(F)(F)F)[C@H]2C1. The first kappa shape index (κ1) is 17.4. The molecule has 1 amide bonds. The smallest absolute Gasteiger partial charge is 0.362 e. The Labute approximate surface area is 145 Å². The summed E-state index contributed by atoms with van der Waals surface area (Å²) >= 11 is 3.21. The Hall–Kier alpha value is -1.41. The van der Waals surface area contributed by atoms with Gasteiger partial charge in [-0.3, -0.25) is 4.79 Å². The Bertz CT molecular complexity index is 690. The summed E-state index contributed by atoms with van der Waals surface area (Å²) in [7, 11) is 0. The van der Waals surface area contributed by atoms with Gasteiger partial charge in [0.25, 0.3) is 11.6 Å². The zero-order chi connectivity index (χ0) is 17.7. The Kier molecular flexibility index (Phi) is 4.24. The summed E-state index contributed by atoms with van der Waals surface area (Å²) in [6, 6.07) is 5.90. The predicted molar refractivity (Wildman–Crippen MR) is 85.3 cm³/mol. The van der Waals surface area contributed by atoms with Crippen LogP contribution >= 0.6 is 15.9 Å². The van der Waals surface area contributed by atoms with Crippen molar-refractivity contribution < 1.29 is 23.1 Å². The molecule has 1 fully saturated rings. The second-order valence-electron chi connectivity index (χ2n) is 6.37. The van der Waals surface area contributed by atoms with E-state index >= 15 is 0 Å². The van der Waals surface area contributed by atoms with Gasteiger partial charge in [0, 0.05) is 15.7 Å². The van der Waals surface area contributed by atoms with Crippen molar-refractivity contribution in [3.63, 3.8) is 0 Å². The Balaban J connectivity index is 2.03. The zero-order valence-electron chi connectivity index (χ0n) is 12.8. The van der Waals surface area contributed by atoms with Gasteiger partial charge >= 0.3 is 6.18 Å². The van der Waals surface area contributed by atoms with E-state index in [0.717, 1.165) is 0 Å². The molecule has 0 bridgehead atoms. The normalized spacial score (nSPS) is 30.1.